The fourth-order valence-corrected chi connectivity index (χ4v) is 1.82. The quantitative estimate of drug-likeness (QED) is 0.376. The monoisotopic (exact) mass is 339 g/mol. The largest absolute Gasteiger partial charge is 0.874 e. The Morgan fingerprint density at radius 1 is 1.08 bits per heavy atom. The van der Waals surface area contributed by atoms with Crippen molar-refractivity contribution < 1.29 is 24.5 Å². The lowest BCUT2D eigenvalue weighted by Crippen LogP contribution is -2.13. The van der Waals surface area contributed by atoms with Gasteiger partial charge in [-0.15, -0.1) is 5.11 Å². The Bertz CT molecular complexity index is 807. The van der Waals surface area contributed by atoms with Crippen molar-refractivity contribution in [2.45, 2.75) is 13.5 Å². The number of hydrogen-bond donors (Lipinski definition) is 1. The molecule has 2 aromatic rings. The van der Waals surface area contributed by atoms with E-state index in [9.17, 15) is 14.7 Å². The van der Waals surface area contributed by atoms with E-state index in [-0.39, 0.29) is 12.2 Å². The topological polar surface area (TPSA) is 111 Å². The Morgan fingerprint density at radius 3 is 2.28 bits per heavy atom. The molecule has 2 rings (SSSR count). The number of hydrogen-bond acceptors (Lipinski definition) is 6. The van der Waals surface area contributed by atoms with Crippen molar-refractivity contribution >= 4 is 17.6 Å². The molecule has 0 atom stereocenters. The van der Waals surface area contributed by atoms with Gasteiger partial charge >= 0.3 is 11.9 Å². The average Bonchev–Trinajstić information content (AvgIpc) is 2.61. The molecule has 0 saturated heterocycles. The highest BCUT2D eigenvalue weighted by Gasteiger charge is 2.11. The minimum atomic E-state index is -1.07. The first-order valence-electron chi connectivity index (χ1n) is 7.31. The molecule has 0 aliphatic heterocycles. The van der Waals surface area contributed by atoms with E-state index in [4.69, 9.17) is 9.84 Å². The van der Waals surface area contributed by atoms with Crippen LogP contribution in [0.15, 0.2) is 76.3 Å². The second-order valence-electron chi connectivity index (χ2n) is 5.02. The van der Waals surface area contributed by atoms with E-state index in [0.29, 0.717) is 5.69 Å². The molecule has 0 aromatic heterocycles. The molecule has 0 spiro atoms. The number of allylic oxidation sites excluding steroid dienone is 1. The standard InChI is InChI=1S/C18H16N2O5/c1-12(21)16(18(24)25-11-13-5-3-2-4-6-13)20-19-15-9-7-14(8-10-15)17(22)23/h2-10,21H,11H2,1H3,(H,22,23)/p-1/b16-12+,20-19?. The maximum Gasteiger partial charge on any atom is 0.358 e. The molecule has 0 aliphatic rings. The van der Waals surface area contributed by atoms with Gasteiger partial charge in [0.15, 0.2) is 5.70 Å². The summed E-state index contributed by atoms with van der Waals surface area (Å²) in [5.41, 5.74) is 0.745. The molecule has 0 saturated carbocycles. The van der Waals surface area contributed by atoms with Gasteiger partial charge in [0, 0.05) is 0 Å². The first-order chi connectivity index (χ1) is 12.0. The van der Waals surface area contributed by atoms with Crippen molar-refractivity contribution in [1.29, 1.82) is 0 Å². The highest BCUT2D eigenvalue weighted by molar-refractivity contribution is 5.88. The lowest BCUT2D eigenvalue weighted by atomic mass is 10.2. The van der Waals surface area contributed by atoms with Gasteiger partial charge in [0.1, 0.15) is 6.61 Å². The summed E-state index contributed by atoms with van der Waals surface area (Å²) in [6.45, 7) is 1.20. The molecule has 0 bridgehead atoms. The second kappa shape index (κ2) is 8.39. The number of rotatable bonds is 6. The van der Waals surface area contributed by atoms with E-state index in [1.165, 1.54) is 31.2 Å². The summed E-state index contributed by atoms with van der Waals surface area (Å²) in [4.78, 5) is 22.8. The minimum Gasteiger partial charge on any atom is -0.874 e. The third-order valence-corrected chi connectivity index (χ3v) is 3.12. The Balaban J connectivity index is 2.06. The average molecular weight is 339 g/mol. The number of ether oxygens (including phenoxy) is 1. The number of nitrogens with zero attached hydrogens (tertiary/aromatic N) is 2. The first-order valence-corrected chi connectivity index (χ1v) is 7.31. The fourth-order valence-electron chi connectivity index (χ4n) is 1.82. The summed E-state index contributed by atoms with van der Waals surface area (Å²) < 4.78 is 5.06. The van der Waals surface area contributed by atoms with E-state index in [0.717, 1.165) is 5.56 Å². The molecule has 128 valence electrons. The van der Waals surface area contributed by atoms with Crippen LogP contribution in [0, 0.1) is 0 Å². The number of aromatic carboxylic acids is 1. The van der Waals surface area contributed by atoms with Crippen LogP contribution in [0.25, 0.3) is 0 Å². The highest BCUT2D eigenvalue weighted by Crippen LogP contribution is 2.16. The van der Waals surface area contributed by atoms with E-state index in [2.05, 4.69) is 10.2 Å². The summed E-state index contributed by atoms with van der Waals surface area (Å²) in [7, 11) is 0. The highest BCUT2D eigenvalue weighted by atomic mass is 16.5. The van der Waals surface area contributed by atoms with E-state index in [1.54, 1.807) is 24.3 Å². The Hall–Kier alpha value is -3.48. The number of carboxylic acid groups (broad SMARTS) is 1. The van der Waals surface area contributed by atoms with Gasteiger partial charge in [-0.05, 0) is 29.8 Å². The van der Waals surface area contributed by atoms with Gasteiger partial charge in [0.05, 0.1) is 11.3 Å². The zero-order chi connectivity index (χ0) is 18.2. The third-order valence-electron chi connectivity index (χ3n) is 3.12. The van der Waals surface area contributed by atoms with Gasteiger partial charge in [-0.25, -0.2) is 9.59 Å². The van der Waals surface area contributed by atoms with Crippen molar-refractivity contribution in [3.8, 4) is 0 Å². The second-order valence-corrected chi connectivity index (χ2v) is 5.02. The Morgan fingerprint density at radius 2 is 1.72 bits per heavy atom. The lowest BCUT2D eigenvalue weighted by Gasteiger charge is -2.10. The molecular weight excluding hydrogens is 324 g/mol. The van der Waals surface area contributed by atoms with E-state index < -0.39 is 23.4 Å². The number of carbonyl (C=O) groups excluding carboxylic acids is 1. The Kier molecular flexibility index (Phi) is 6.00. The molecule has 0 unspecified atom stereocenters. The number of carboxylic acids is 1. The summed E-state index contributed by atoms with van der Waals surface area (Å²) in [6, 6.07) is 14.5. The zero-order valence-corrected chi connectivity index (χ0v) is 13.4. The van der Waals surface area contributed by atoms with Crippen LogP contribution in [0.2, 0.25) is 0 Å². The molecule has 0 radical (unpaired) electrons. The number of benzene rings is 2. The summed E-state index contributed by atoms with van der Waals surface area (Å²) in [5, 5.41) is 27.8. The molecule has 1 N–H and O–H groups in total. The van der Waals surface area contributed by atoms with Crippen molar-refractivity contribution in [3.63, 3.8) is 0 Å². The van der Waals surface area contributed by atoms with Crippen molar-refractivity contribution in [1.82, 2.24) is 0 Å². The molecular formula is C18H15N2O5-. The normalized spacial score (nSPS) is 11.9. The van der Waals surface area contributed by atoms with Crippen LogP contribution in [0.5, 0.6) is 0 Å². The maximum absolute atomic E-state index is 12.0. The molecule has 7 nitrogen and oxygen atoms in total. The number of carbonyl (C=O) groups is 2. The number of azo groups is 1. The predicted molar refractivity (Wildman–Crippen MR) is 86.9 cm³/mol. The zero-order valence-electron chi connectivity index (χ0n) is 13.4. The van der Waals surface area contributed by atoms with Crippen LogP contribution in [0.1, 0.15) is 22.8 Å². The van der Waals surface area contributed by atoms with Crippen molar-refractivity contribution in [2.24, 2.45) is 10.2 Å². The summed E-state index contributed by atoms with van der Waals surface area (Å²) >= 11 is 0. The van der Waals surface area contributed by atoms with Crippen LogP contribution < -0.4 is 5.11 Å². The van der Waals surface area contributed by atoms with Crippen LogP contribution in [0.4, 0.5) is 5.69 Å². The molecule has 0 aliphatic carbocycles. The van der Waals surface area contributed by atoms with Gasteiger partial charge in [-0.3, -0.25) is 0 Å². The van der Waals surface area contributed by atoms with Gasteiger partial charge in [-0.2, -0.15) is 5.11 Å². The van der Waals surface area contributed by atoms with E-state index in [1.807, 2.05) is 6.07 Å². The van der Waals surface area contributed by atoms with Gasteiger partial charge in [0.25, 0.3) is 0 Å². The minimum absolute atomic E-state index is 0.0132. The molecule has 0 amide bonds. The molecule has 0 heterocycles. The van der Waals surface area contributed by atoms with Gasteiger partial charge in [-0.1, -0.05) is 43.0 Å². The van der Waals surface area contributed by atoms with Crippen LogP contribution >= 0.6 is 0 Å². The SMILES string of the molecule is C/C([O-])=C(\N=Nc1ccc(C(=O)O)cc1)C(=O)OCc1ccccc1. The molecule has 25 heavy (non-hydrogen) atoms. The lowest BCUT2D eigenvalue weighted by molar-refractivity contribution is -0.303. The molecule has 0 fully saturated rings. The summed E-state index contributed by atoms with van der Waals surface area (Å²) in [5.74, 6) is -2.52. The first kappa shape index (κ1) is 17.9. The molecule has 2 aromatic carbocycles. The predicted octanol–water partition coefficient (Wildman–Crippen LogP) is 2.80. The fraction of sp³-hybridized carbons (Fsp3) is 0.111. The molecule has 7 heteroatoms. The summed E-state index contributed by atoms with van der Waals surface area (Å²) in [6.07, 6.45) is 0. The van der Waals surface area contributed by atoms with Crippen LogP contribution in [-0.2, 0) is 16.1 Å². The van der Waals surface area contributed by atoms with Crippen LogP contribution in [0.3, 0.4) is 0 Å². The number of esters is 1. The van der Waals surface area contributed by atoms with Crippen LogP contribution in [-0.4, -0.2) is 17.0 Å². The maximum atomic E-state index is 12.0. The third kappa shape index (κ3) is 5.28. The van der Waals surface area contributed by atoms with Gasteiger partial charge < -0.3 is 14.9 Å². The smallest absolute Gasteiger partial charge is 0.358 e. The van der Waals surface area contributed by atoms with E-state index >= 15 is 0 Å². The van der Waals surface area contributed by atoms with Crippen molar-refractivity contribution in [2.75, 3.05) is 0 Å². The van der Waals surface area contributed by atoms with Crippen molar-refractivity contribution in [3.05, 3.63) is 77.2 Å². The Labute approximate surface area is 143 Å². The van der Waals surface area contributed by atoms with Gasteiger partial charge in [0.2, 0.25) is 0 Å².